The summed E-state index contributed by atoms with van der Waals surface area (Å²) in [6.07, 6.45) is 4.50. The van der Waals surface area contributed by atoms with Crippen molar-refractivity contribution in [3.05, 3.63) is 41.7 Å². The van der Waals surface area contributed by atoms with E-state index in [-0.39, 0.29) is 6.17 Å². The maximum atomic E-state index is 9.00. The molecule has 0 radical (unpaired) electrons. The quantitative estimate of drug-likeness (QED) is 0.796. The van der Waals surface area contributed by atoms with Gasteiger partial charge in [0.2, 0.25) is 0 Å². The molecular weight excluding hydrogens is 222 g/mol. The minimum absolute atomic E-state index is 0.289. The van der Waals surface area contributed by atoms with Crippen molar-refractivity contribution in [2.24, 2.45) is 0 Å². The van der Waals surface area contributed by atoms with Gasteiger partial charge in [0.05, 0.1) is 11.6 Å². The summed E-state index contributed by atoms with van der Waals surface area (Å²) < 4.78 is 0. The van der Waals surface area contributed by atoms with Crippen molar-refractivity contribution in [3.8, 4) is 6.07 Å². The summed E-state index contributed by atoms with van der Waals surface area (Å²) in [7, 11) is 0. The summed E-state index contributed by atoms with van der Waals surface area (Å²) >= 11 is 0. The van der Waals surface area contributed by atoms with Gasteiger partial charge < -0.3 is 9.80 Å². The first-order chi connectivity index (χ1) is 8.54. The molecule has 94 valence electrons. The van der Waals surface area contributed by atoms with E-state index >= 15 is 0 Å². The molecule has 0 fully saturated rings. The summed E-state index contributed by atoms with van der Waals surface area (Å²) in [5.41, 5.74) is 3.01. The van der Waals surface area contributed by atoms with Gasteiger partial charge in [-0.15, -0.1) is 0 Å². The van der Waals surface area contributed by atoms with Crippen molar-refractivity contribution >= 4 is 5.69 Å². The van der Waals surface area contributed by atoms with E-state index in [2.05, 4.69) is 56.0 Å². The summed E-state index contributed by atoms with van der Waals surface area (Å²) in [6.45, 7) is 8.62. The van der Waals surface area contributed by atoms with Gasteiger partial charge >= 0.3 is 0 Å². The van der Waals surface area contributed by atoms with Crippen LogP contribution in [0.3, 0.4) is 0 Å². The highest BCUT2D eigenvalue weighted by Gasteiger charge is 2.25. The molecule has 1 aliphatic heterocycles. The minimum atomic E-state index is 0.289. The van der Waals surface area contributed by atoms with Gasteiger partial charge in [-0.05, 0) is 45.4 Å². The normalized spacial score (nSPS) is 18.6. The lowest BCUT2D eigenvalue weighted by Crippen LogP contribution is -2.39. The predicted octanol–water partition coefficient (Wildman–Crippen LogP) is 3.21. The van der Waals surface area contributed by atoms with Crippen LogP contribution in [0.15, 0.2) is 30.6 Å². The highest BCUT2D eigenvalue weighted by Crippen LogP contribution is 2.29. The van der Waals surface area contributed by atoms with Gasteiger partial charge in [0.15, 0.2) is 0 Å². The van der Waals surface area contributed by atoms with Crippen LogP contribution in [0.2, 0.25) is 0 Å². The molecule has 1 aliphatic rings. The zero-order valence-electron chi connectivity index (χ0n) is 11.4. The number of aryl methyl sites for hydroxylation is 1. The van der Waals surface area contributed by atoms with Gasteiger partial charge in [-0.1, -0.05) is 6.07 Å². The second-order valence-corrected chi connectivity index (χ2v) is 4.99. The van der Waals surface area contributed by atoms with Crippen LogP contribution >= 0.6 is 0 Å². The fourth-order valence-corrected chi connectivity index (χ4v) is 2.38. The molecule has 0 amide bonds. The van der Waals surface area contributed by atoms with Crippen molar-refractivity contribution in [2.75, 3.05) is 4.90 Å². The van der Waals surface area contributed by atoms with E-state index in [4.69, 9.17) is 5.26 Å². The second-order valence-electron chi connectivity index (χ2n) is 4.99. The van der Waals surface area contributed by atoms with Crippen LogP contribution in [0.5, 0.6) is 0 Å². The van der Waals surface area contributed by atoms with Gasteiger partial charge in [-0.2, -0.15) is 5.26 Å². The molecule has 0 bridgehead atoms. The Morgan fingerprint density at radius 3 is 2.56 bits per heavy atom. The summed E-state index contributed by atoms with van der Waals surface area (Å²) in [4.78, 5) is 4.52. The van der Waals surface area contributed by atoms with E-state index in [1.54, 1.807) is 0 Å². The summed E-state index contributed by atoms with van der Waals surface area (Å²) in [6, 6.07) is 8.50. The van der Waals surface area contributed by atoms with Gasteiger partial charge in [-0.3, -0.25) is 0 Å². The van der Waals surface area contributed by atoms with Crippen molar-refractivity contribution < 1.29 is 0 Å². The molecule has 1 aromatic carbocycles. The van der Waals surface area contributed by atoms with Crippen molar-refractivity contribution in [1.29, 1.82) is 5.26 Å². The smallest absolute Gasteiger partial charge is 0.103 e. The Balaban J connectivity index is 2.34. The maximum absolute atomic E-state index is 9.00. The Labute approximate surface area is 109 Å². The van der Waals surface area contributed by atoms with Crippen molar-refractivity contribution in [2.45, 2.75) is 39.9 Å². The third-order valence-corrected chi connectivity index (χ3v) is 3.45. The third-order valence-electron chi connectivity index (χ3n) is 3.45. The molecule has 1 heterocycles. The standard InChI is InChI=1S/C15H19N3/c1-11(2)17-7-8-18(13(17)4)15-9-14(10-16)6-5-12(15)3/h5-9,11,13H,1-4H3/t13-/m1/s1. The molecule has 1 atom stereocenters. The highest BCUT2D eigenvalue weighted by atomic mass is 15.4. The van der Waals surface area contributed by atoms with Crippen LogP contribution in [-0.2, 0) is 0 Å². The number of rotatable bonds is 2. The topological polar surface area (TPSA) is 30.3 Å². The van der Waals surface area contributed by atoms with E-state index in [9.17, 15) is 0 Å². The molecule has 0 saturated carbocycles. The molecular formula is C15H19N3. The van der Waals surface area contributed by atoms with E-state index in [1.165, 1.54) is 5.56 Å². The number of anilines is 1. The van der Waals surface area contributed by atoms with Crippen LogP contribution in [0.25, 0.3) is 0 Å². The molecule has 0 aromatic heterocycles. The number of nitrogens with zero attached hydrogens (tertiary/aromatic N) is 3. The molecule has 3 nitrogen and oxygen atoms in total. The van der Waals surface area contributed by atoms with E-state index in [1.807, 2.05) is 18.2 Å². The Morgan fingerprint density at radius 2 is 2.00 bits per heavy atom. The molecule has 18 heavy (non-hydrogen) atoms. The first-order valence-corrected chi connectivity index (χ1v) is 6.29. The molecule has 0 N–H and O–H groups in total. The highest BCUT2D eigenvalue weighted by molar-refractivity contribution is 5.60. The van der Waals surface area contributed by atoms with Crippen LogP contribution in [-0.4, -0.2) is 17.1 Å². The van der Waals surface area contributed by atoms with Gasteiger partial charge in [0, 0.05) is 24.1 Å². The monoisotopic (exact) mass is 241 g/mol. The van der Waals surface area contributed by atoms with Gasteiger partial charge in [-0.25, -0.2) is 0 Å². The SMILES string of the molecule is Cc1ccc(C#N)cc1N1C=CN(C(C)C)[C@H]1C. The van der Waals surface area contributed by atoms with Crippen LogP contribution < -0.4 is 4.90 Å². The van der Waals surface area contributed by atoms with Crippen molar-refractivity contribution in [3.63, 3.8) is 0 Å². The lowest BCUT2D eigenvalue weighted by molar-refractivity contribution is 0.263. The Hall–Kier alpha value is -1.95. The average Bonchev–Trinajstić information content (AvgIpc) is 2.72. The zero-order valence-corrected chi connectivity index (χ0v) is 11.4. The first kappa shape index (κ1) is 12.5. The maximum Gasteiger partial charge on any atom is 0.103 e. The molecule has 0 unspecified atom stereocenters. The second kappa shape index (κ2) is 4.73. The molecule has 2 rings (SSSR count). The number of benzene rings is 1. The fourth-order valence-electron chi connectivity index (χ4n) is 2.38. The lowest BCUT2D eigenvalue weighted by Gasteiger charge is -2.33. The van der Waals surface area contributed by atoms with E-state index in [0.717, 1.165) is 5.69 Å². The molecule has 0 spiro atoms. The first-order valence-electron chi connectivity index (χ1n) is 6.29. The number of nitriles is 1. The fraction of sp³-hybridized carbons (Fsp3) is 0.400. The Kier molecular flexibility index (Phi) is 3.29. The molecule has 0 saturated heterocycles. The lowest BCUT2D eigenvalue weighted by atomic mass is 10.1. The zero-order chi connectivity index (χ0) is 13.3. The molecule has 3 heteroatoms. The van der Waals surface area contributed by atoms with E-state index < -0.39 is 0 Å². The number of hydrogen-bond donors (Lipinski definition) is 0. The van der Waals surface area contributed by atoms with Crippen LogP contribution in [0.4, 0.5) is 5.69 Å². The third kappa shape index (κ3) is 2.06. The molecule has 0 aliphatic carbocycles. The van der Waals surface area contributed by atoms with Crippen LogP contribution in [0.1, 0.15) is 31.9 Å². The van der Waals surface area contributed by atoms with Gasteiger partial charge in [0.1, 0.15) is 6.17 Å². The number of hydrogen-bond acceptors (Lipinski definition) is 3. The van der Waals surface area contributed by atoms with Gasteiger partial charge in [0.25, 0.3) is 0 Å². The Morgan fingerprint density at radius 1 is 1.28 bits per heavy atom. The van der Waals surface area contributed by atoms with Crippen molar-refractivity contribution in [1.82, 2.24) is 4.90 Å². The van der Waals surface area contributed by atoms with Crippen LogP contribution in [0, 0.1) is 18.3 Å². The minimum Gasteiger partial charge on any atom is -0.353 e. The summed E-state index contributed by atoms with van der Waals surface area (Å²) in [5.74, 6) is 0. The Bertz CT molecular complexity index is 511. The predicted molar refractivity (Wildman–Crippen MR) is 74.0 cm³/mol. The van der Waals surface area contributed by atoms with E-state index in [0.29, 0.717) is 11.6 Å². The average molecular weight is 241 g/mol. The summed E-state index contributed by atoms with van der Waals surface area (Å²) in [5, 5.41) is 9.00. The largest absolute Gasteiger partial charge is 0.353 e. The molecule has 1 aromatic rings.